The number of hydrogen-bond acceptors (Lipinski definition) is 12. The highest BCUT2D eigenvalue weighted by molar-refractivity contribution is 6.18. The van der Waals surface area contributed by atoms with Gasteiger partial charge >= 0.3 is 6.09 Å². The molecule has 0 spiro atoms. The van der Waals surface area contributed by atoms with E-state index in [0.29, 0.717) is 60.1 Å². The molecule has 3 aromatic rings. The molecule has 1 saturated heterocycles. The Hall–Kier alpha value is -4.86. The number of rotatable bonds is 21. The maximum absolute atomic E-state index is 14.8. The molecule has 0 aromatic heterocycles. The molecule has 1 saturated carbocycles. The van der Waals surface area contributed by atoms with Gasteiger partial charge in [0.1, 0.15) is 36.6 Å². The smallest absolute Gasteiger partial charge is 0.410 e. The molecule has 15 heteroatoms. The summed E-state index contributed by atoms with van der Waals surface area (Å²) in [6.45, 7) is 4.94. The summed E-state index contributed by atoms with van der Waals surface area (Å²) in [7, 11) is 0. The minimum atomic E-state index is -1.55. The molecule has 8 rings (SSSR count). The zero-order valence-electron chi connectivity index (χ0n) is 36.8. The van der Waals surface area contributed by atoms with Gasteiger partial charge in [0.15, 0.2) is 11.5 Å². The van der Waals surface area contributed by atoms with Gasteiger partial charge in [-0.3, -0.25) is 4.90 Å². The van der Waals surface area contributed by atoms with E-state index in [1.807, 2.05) is 36.4 Å². The lowest BCUT2D eigenvalue weighted by Crippen LogP contribution is -2.70. The van der Waals surface area contributed by atoms with Gasteiger partial charge in [-0.25, -0.2) is 9.18 Å². The van der Waals surface area contributed by atoms with Crippen molar-refractivity contribution in [3.63, 3.8) is 0 Å². The number of ether oxygens (including phenoxy) is 7. The topological polar surface area (TPSA) is 147 Å². The van der Waals surface area contributed by atoms with Crippen LogP contribution in [0.3, 0.4) is 0 Å². The van der Waals surface area contributed by atoms with Gasteiger partial charge < -0.3 is 48.2 Å². The number of alkyl halides is 1. The fourth-order valence-electron chi connectivity index (χ4n) is 10.2. The summed E-state index contributed by atoms with van der Waals surface area (Å²) >= 11 is 6.13. The third-order valence-electron chi connectivity index (χ3n) is 13.1. The summed E-state index contributed by atoms with van der Waals surface area (Å²) < 4.78 is 58.9. The van der Waals surface area contributed by atoms with Crippen molar-refractivity contribution in [3.8, 4) is 23.0 Å². The second-order valence-electron chi connectivity index (χ2n) is 17.2. The standard InChI is InChI=1S/C50H60ClFN2O11/c1-2-23-63-50-45(54(49(57)59-25-20-51)30-33-16-18-43-44(26-33)62-32-61-43)29-41(53-65-46-15-7-10-24-58-46)38-27-34(11-5-8-21-55)37(13-6-9-22-56)47(48(38)50)39-28-36(17-19-42(39)64-50)60-31-35-12-3-4-14-40(35)52/h2-4,12,14,16-19,26-28,34,37,45-48,55-56H,1,5-11,13,15,20-25,29-32H2. The molecule has 0 bridgehead atoms. The minimum absolute atomic E-state index is 0.00800. The molecule has 13 nitrogen and oxygen atoms in total. The fraction of sp³-hybridized carbons (Fsp3) is 0.520. The molecular weight excluding hydrogens is 859 g/mol. The molecule has 1 amide bonds. The lowest BCUT2D eigenvalue weighted by molar-refractivity contribution is -0.256. The number of allylic oxidation sites excluding steroid dienone is 1. The van der Waals surface area contributed by atoms with Gasteiger partial charge in [0.25, 0.3) is 0 Å². The molecule has 2 fully saturated rings. The first kappa shape index (κ1) is 46.7. The number of benzene rings is 3. The Morgan fingerprint density at radius 3 is 2.60 bits per heavy atom. The largest absolute Gasteiger partial charge is 0.489 e. The summed E-state index contributed by atoms with van der Waals surface area (Å²) in [6.07, 6.45) is 9.80. The molecule has 350 valence electrons. The van der Waals surface area contributed by atoms with E-state index in [-0.39, 0.29) is 82.2 Å². The van der Waals surface area contributed by atoms with Crippen LogP contribution in [0.25, 0.3) is 0 Å². The van der Waals surface area contributed by atoms with Crippen molar-refractivity contribution in [3.05, 3.63) is 107 Å². The second kappa shape index (κ2) is 22.1. The third kappa shape index (κ3) is 10.4. The summed E-state index contributed by atoms with van der Waals surface area (Å²) in [5.74, 6) is -0.489. The van der Waals surface area contributed by atoms with Crippen LogP contribution in [0.1, 0.15) is 86.8 Å². The monoisotopic (exact) mass is 918 g/mol. The van der Waals surface area contributed by atoms with Crippen molar-refractivity contribution in [2.24, 2.45) is 22.9 Å². The SMILES string of the molecule is C=CCOC12Oc3ccc(OCc4ccccc4F)cc3C3C(CCCCO)C(CCCCO)C=C(C(=NOC4CCCCO4)CC1N(Cc1ccc4c(c1)OCO4)C(=O)OCCCl)C32. The molecule has 3 aromatic carbocycles. The van der Waals surface area contributed by atoms with Crippen molar-refractivity contribution < 1.29 is 57.4 Å². The van der Waals surface area contributed by atoms with E-state index in [9.17, 15) is 19.4 Å². The fourth-order valence-corrected chi connectivity index (χ4v) is 10.3. The van der Waals surface area contributed by atoms with E-state index in [1.54, 1.807) is 29.2 Å². The Labute approximate surface area is 385 Å². The molecular formula is C50H60ClFN2O11. The number of aliphatic hydroxyl groups excluding tert-OH is 2. The van der Waals surface area contributed by atoms with Crippen molar-refractivity contribution in [1.29, 1.82) is 0 Å². The maximum atomic E-state index is 14.8. The molecule has 2 aliphatic carbocycles. The average Bonchev–Trinajstić information content (AvgIpc) is 3.80. The van der Waals surface area contributed by atoms with Crippen LogP contribution in [-0.4, -0.2) is 90.7 Å². The number of aliphatic hydroxyl groups is 2. The summed E-state index contributed by atoms with van der Waals surface area (Å²) in [4.78, 5) is 22.6. The van der Waals surface area contributed by atoms with Gasteiger partial charge in [-0.05, 0) is 97.9 Å². The molecule has 3 aliphatic heterocycles. The van der Waals surface area contributed by atoms with Crippen LogP contribution in [0.5, 0.6) is 23.0 Å². The Morgan fingerprint density at radius 1 is 1.00 bits per heavy atom. The Morgan fingerprint density at radius 2 is 1.82 bits per heavy atom. The first-order valence-corrected chi connectivity index (χ1v) is 23.5. The van der Waals surface area contributed by atoms with E-state index >= 15 is 0 Å². The van der Waals surface area contributed by atoms with Crippen LogP contribution < -0.4 is 18.9 Å². The number of oxime groups is 1. The van der Waals surface area contributed by atoms with Gasteiger partial charge in [-0.15, -0.1) is 18.2 Å². The minimum Gasteiger partial charge on any atom is -0.489 e. The highest BCUT2D eigenvalue weighted by Crippen LogP contribution is 2.62. The van der Waals surface area contributed by atoms with E-state index in [4.69, 9.17) is 54.8 Å². The predicted octanol–water partition coefficient (Wildman–Crippen LogP) is 9.17. The van der Waals surface area contributed by atoms with E-state index in [1.165, 1.54) is 6.07 Å². The van der Waals surface area contributed by atoms with Crippen molar-refractivity contribution >= 4 is 23.4 Å². The number of nitrogens with zero attached hydrogens (tertiary/aromatic N) is 2. The van der Waals surface area contributed by atoms with Crippen molar-refractivity contribution in [2.45, 2.75) is 101 Å². The lowest BCUT2D eigenvalue weighted by atomic mass is 9.55. The molecule has 0 radical (unpaired) electrons. The number of unbranched alkanes of at least 4 members (excludes halogenated alkanes) is 2. The Kier molecular flexibility index (Phi) is 15.9. The maximum Gasteiger partial charge on any atom is 0.410 e. The first-order chi connectivity index (χ1) is 31.9. The predicted molar refractivity (Wildman–Crippen MR) is 241 cm³/mol. The van der Waals surface area contributed by atoms with E-state index < -0.39 is 30.1 Å². The van der Waals surface area contributed by atoms with Crippen LogP contribution >= 0.6 is 11.6 Å². The first-order valence-electron chi connectivity index (χ1n) is 23.0. The number of fused-ring (bicyclic) bond motifs is 3. The number of carbonyl (C=O) groups excluding carboxylic acids is 1. The second-order valence-corrected chi connectivity index (χ2v) is 17.6. The van der Waals surface area contributed by atoms with Gasteiger partial charge in [0, 0.05) is 49.6 Å². The third-order valence-corrected chi connectivity index (χ3v) is 13.3. The quantitative estimate of drug-likeness (QED) is 0.0457. The molecule has 3 heterocycles. The van der Waals surface area contributed by atoms with Crippen LogP contribution in [0.4, 0.5) is 9.18 Å². The van der Waals surface area contributed by atoms with E-state index in [0.717, 1.165) is 55.2 Å². The molecule has 7 unspecified atom stereocenters. The summed E-state index contributed by atoms with van der Waals surface area (Å²) in [6, 6.07) is 16.9. The zero-order valence-corrected chi connectivity index (χ0v) is 37.5. The number of amides is 1. The average molecular weight is 919 g/mol. The van der Waals surface area contributed by atoms with Gasteiger partial charge in [-0.2, -0.15) is 0 Å². The van der Waals surface area contributed by atoms with Crippen LogP contribution in [0.2, 0.25) is 0 Å². The van der Waals surface area contributed by atoms with Gasteiger partial charge in [0.05, 0.1) is 30.7 Å². The highest BCUT2D eigenvalue weighted by Gasteiger charge is 2.66. The number of halogens is 2. The van der Waals surface area contributed by atoms with Crippen molar-refractivity contribution in [2.75, 3.05) is 45.7 Å². The summed E-state index contributed by atoms with van der Waals surface area (Å²) in [5, 5.41) is 24.9. The van der Waals surface area contributed by atoms with E-state index in [2.05, 4.69) is 12.7 Å². The molecule has 7 atom stereocenters. The van der Waals surface area contributed by atoms with Gasteiger partial charge in [-0.1, -0.05) is 54.4 Å². The molecule has 5 aliphatic rings. The molecule has 2 N–H and O–H groups in total. The van der Waals surface area contributed by atoms with Gasteiger partial charge in [0.2, 0.25) is 18.9 Å². The normalized spacial score (nSPS) is 25.7. The number of carbonyl (C=O) groups is 1. The zero-order chi connectivity index (χ0) is 45.2. The highest BCUT2D eigenvalue weighted by atomic mass is 35.5. The Bertz CT molecular complexity index is 2170. The Balaban J connectivity index is 1.31. The van der Waals surface area contributed by atoms with Crippen LogP contribution in [0, 0.1) is 23.6 Å². The molecule has 65 heavy (non-hydrogen) atoms. The van der Waals surface area contributed by atoms with Crippen LogP contribution in [0.15, 0.2) is 90.1 Å². The van der Waals surface area contributed by atoms with Crippen LogP contribution in [-0.2, 0) is 32.2 Å². The summed E-state index contributed by atoms with van der Waals surface area (Å²) in [5.41, 5.74) is 3.54. The van der Waals surface area contributed by atoms with Crippen molar-refractivity contribution in [1.82, 2.24) is 4.90 Å². The lowest BCUT2D eigenvalue weighted by Gasteiger charge is -2.59. The number of hydrogen-bond donors (Lipinski definition) is 2.